The average Bonchev–Trinajstić information content (AvgIpc) is 2.73. The van der Waals surface area contributed by atoms with Crippen molar-refractivity contribution < 1.29 is 9.59 Å². The number of nitrogens with zero attached hydrogens (tertiary/aromatic N) is 1. The maximum atomic E-state index is 12.8. The van der Waals surface area contributed by atoms with E-state index in [0.717, 1.165) is 61.8 Å². The number of hydrogen-bond acceptors (Lipinski definition) is 3. The Bertz CT molecular complexity index is 807. The normalized spacial score (nSPS) is 16.6. The molecule has 1 atom stereocenters. The van der Waals surface area contributed by atoms with Crippen molar-refractivity contribution in [1.82, 2.24) is 10.2 Å². The average molecular weight is 382 g/mol. The highest BCUT2D eigenvalue weighted by Gasteiger charge is 2.29. The minimum atomic E-state index is -0.219. The zero-order valence-corrected chi connectivity index (χ0v) is 16.9. The number of piperidine rings is 1. The van der Waals surface area contributed by atoms with Crippen LogP contribution in [0.5, 0.6) is 0 Å². The first kappa shape index (κ1) is 20.3. The number of likely N-dealkylation sites (tertiary alicyclic amines) is 1. The summed E-state index contributed by atoms with van der Waals surface area (Å²) >= 11 is 0. The van der Waals surface area contributed by atoms with E-state index < -0.39 is 0 Å². The van der Waals surface area contributed by atoms with Crippen LogP contribution in [0.25, 0.3) is 10.8 Å². The Hall–Kier alpha value is -2.40. The first-order valence-corrected chi connectivity index (χ1v) is 10.4. The summed E-state index contributed by atoms with van der Waals surface area (Å²) in [5.41, 5.74) is 0.847. The van der Waals surface area contributed by atoms with Crippen molar-refractivity contribution in [2.45, 2.75) is 45.6 Å². The fourth-order valence-electron chi connectivity index (χ4n) is 3.82. The molecule has 0 saturated carbocycles. The van der Waals surface area contributed by atoms with E-state index in [9.17, 15) is 9.59 Å². The number of unbranched alkanes of at least 4 members (excludes halogenated alkanes) is 1. The molecule has 1 fully saturated rings. The number of benzene rings is 2. The molecule has 0 radical (unpaired) electrons. The molecular weight excluding hydrogens is 350 g/mol. The zero-order chi connectivity index (χ0) is 19.9. The molecule has 2 amide bonds. The van der Waals surface area contributed by atoms with Gasteiger partial charge in [0.2, 0.25) is 11.8 Å². The Morgan fingerprint density at radius 2 is 1.82 bits per heavy atom. The molecule has 150 valence electrons. The molecule has 2 aromatic rings. The fourth-order valence-corrected chi connectivity index (χ4v) is 3.82. The van der Waals surface area contributed by atoms with Crippen molar-refractivity contribution in [3.63, 3.8) is 0 Å². The molecule has 5 heteroatoms. The molecule has 1 saturated heterocycles. The maximum Gasteiger partial charge on any atom is 0.241 e. The van der Waals surface area contributed by atoms with E-state index in [1.54, 1.807) is 0 Å². The summed E-state index contributed by atoms with van der Waals surface area (Å²) in [5.74, 6) is 0.240. The number of rotatable bonds is 7. The summed E-state index contributed by atoms with van der Waals surface area (Å²) in [6.07, 6.45) is 3.73. The van der Waals surface area contributed by atoms with E-state index in [0.29, 0.717) is 0 Å². The zero-order valence-electron chi connectivity index (χ0n) is 16.9. The molecule has 2 aromatic carbocycles. The molecule has 0 aromatic heterocycles. The molecule has 1 unspecified atom stereocenters. The van der Waals surface area contributed by atoms with Crippen LogP contribution in [0.2, 0.25) is 0 Å². The van der Waals surface area contributed by atoms with Gasteiger partial charge in [-0.25, -0.2) is 0 Å². The second-order valence-corrected chi connectivity index (χ2v) is 7.65. The number of anilines is 1. The van der Waals surface area contributed by atoms with Crippen LogP contribution in [0, 0.1) is 5.92 Å². The molecular formula is C23H31N3O2. The summed E-state index contributed by atoms with van der Waals surface area (Å²) in [5, 5.41) is 8.29. The van der Waals surface area contributed by atoms with Crippen LogP contribution in [-0.2, 0) is 9.59 Å². The summed E-state index contributed by atoms with van der Waals surface area (Å²) in [6, 6.07) is 13.8. The van der Waals surface area contributed by atoms with Gasteiger partial charge in [-0.1, -0.05) is 49.7 Å². The molecule has 1 aliphatic heterocycles. The largest absolute Gasteiger partial charge is 0.356 e. The standard InChI is InChI=1S/C23H31N3O2/c1-3-4-14-24-23(28)19-12-15-26(16-13-19)17(2)22(27)25-21-11-7-9-18-8-5-6-10-20(18)21/h5-11,17,19H,3-4,12-16H2,1-2H3,(H,24,28)(H,25,27). The fraction of sp³-hybridized carbons (Fsp3) is 0.478. The Balaban J connectivity index is 1.54. The van der Waals surface area contributed by atoms with E-state index in [2.05, 4.69) is 22.5 Å². The van der Waals surface area contributed by atoms with Crippen LogP contribution in [-0.4, -0.2) is 42.4 Å². The Labute approximate surface area is 167 Å². The van der Waals surface area contributed by atoms with Crippen molar-refractivity contribution in [3.8, 4) is 0 Å². The van der Waals surface area contributed by atoms with Gasteiger partial charge in [0, 0.05) is 23.5 Å². The second kappa shape index (κ2) is 9.69. The first-order valence-electron chi connectivity index (χ1n) is 10.4. The van der Waals surface area contributed by atoms with Gasteiger partial charge in [-0.15, -0.1) is 0 Å². The van der Waals surface area contributed by atoms with Gasteiger partial charge in [-0.2, -0.15) is 0 Å². The number of carbonyl (C=O) groups is 2. The third-order valence-corrected chi connectivity index (χ3v) is 5.70. The molecule has 5 nitrogen and oxygen atoms in total. The highest BCUT2D eigenvalue weighted by molar-refractivity contribution is 6.03. The quantitative estimate of drug-likeness (QED) is 0.717. The van der Waals surface area contributed by atoms with Gasteiger partial charge in [0.05, 0.1) is 6.04 Å². The molecule has 28 heavy (non-hydrogen) atoms. The summed E-state index contributed by atoms with van der Waals surface area (Å²) in [6.45, 7) is 6.38. The van der Waals surface area contributed by atoms with Gasteiger partial charge in [-0.05, 0) is 50.7 Å². The molecule has 3 rings (SSSR count). The SMILES string of the molecule is CCCCNC(=O)C1CCN(C(C)C(=O)Nc2cccc3ccccc23)CC1. The lowest BCUT2D eigenvalue weighted by Gasteiger charge is -2.34. The maximum absolute atomic E-state index is 12.8. The monoisotopic (exact) mass is 381 g/mol. The lowest BCUT2D eigenvalue weighted by Crippen LogP contribution is -2.48. The highest BCUT2D eigenvalue weighted by Crippen LogP contribution is 2.24. The van der Waals surface area contributed by atoms with Crippen molar-refractivity contribution >= 4 is 28.3 Å². The summed E-state index contributed by atoms with van der Waals surface area (Å²) in [4.78, 5) is 27.2. The van der Waals surface area contributed by atoms with E-state index in [-0.39, 0.29) is 23.8 Å². The van der Waals surface area contributed by atoms with E-state index in [4.69, 9.17) is 0 Å². The van der Waals surface area contributed by atoms with Crippen LogP contribution < -0.4 is 10.6 Å². The number of carbonyl (C=O) groups excluding carboxylic acids is 2. The Morgan fingerprint density at radius 3 is 2.57 bits per heavy atom. The second-order valence-electron chi connectivity index (χ2n) is 7.65. The highest BCUT2D eigenvalue weighted by atomic mass is 16.2. The van der Waals surface area contributed by atoms with Crippen LogP contribution in [0.4, 0.5) is 5.69 Å². The summed E-state index contributed by atoms with van der Waals surface area (Å²) in [7, 11) is 0. The van der Waals surface area contributed by atoms with Gasteiger partial charge in [0.15, 0.2) is 0 Å². The third kappa shape index (κ3) is 4.90. The first-order chi connectivity index (χ1) is 13.6. The summed E-state index contributed by atoms with van der Waals surface area (Å²) < 4.78 is 0. The van der Waals surface area contributed by atoms with Crippen LogP contribution in [0.1, 0.15) is 39.5 Å². The molecule has 1 aliphatic rings. The molecule has 1 heterocycles. The molecule has 0 spiro atoms. The van der Waals surface area contributed by atoms with Gasteiger partial charge < -0.3 is 10.6 Å². The van der Waals surface area contributed by atoms with Crippen molar-refractivity contribution in [2.75, 3.05) is 25.0 Å². The van der Waals surface area contributed by atoms with Crippen LogP contribution in [0.15, 0.2) is 42.5 Å². The van der Waals surface area contributed by atoms with Crippen LogP contribution >= 0.6 is 0 Å². The predicted molar refractivity (Wildman–Crippen MR) is 114 cm³/mol. The number of nitrogens with one attached hydrogen (secondary N) is 2. The smallest absolute Gasteiger partial charge is 0.241 e. The van der Waals surface area contributed by atoms with Crippen LogP contribution in [0.3, 0.4) is 0 Å². The van der Waals surface area contributed by atoms with Gasteiger partial charge in [0.25, 0.3) is 0 Å². The number of fused-ring (bicyclic) bond motifs is 1. The van der Waals surface area contributed by atoms with E-state index in [1.807, 2.05) is 49.4 Å². The van der Waals surface area contributed by atoms with Gasteiger partial charge >= 0.3 is 0 Å². The Kier molecular flexibility index (Phi) is 7.04. The van der Waals surface area contributed by atoms with Gasteiger partial charge in [-0.3, -0.25) is 14.5 Å². The van der Waals surface area contributed by atoms with Crippen molar-refractivity contribution in [2.24, 2.45) is 5.92 Å². The van der Waals surface area contributed by atoms with Crippen molar-refractivity contribution in [3.05, 3.63) is 42.5 Å². The minimum absolute atomic E-state index is 0.00204. The lowest BCUT2D eigenvalue weighted by atomic mass is 9.95. The van der Waals surface area contributed by atoms with E-state index >= 15 is 0 Å². The number of hydrogen-bond donors (Lipinski definition) is 2. The third-order valence-electron chi connectivity index (χ3n) is 5.70. The predicted octanol–water partition coefficient (Wildman–Crippen LogP) is 3.80. The lowest BCUT2D eigenvalue weighted by molar-refractivity contribution is -0.127. The molecule has 0 bridgehead atoms. The van der Waals surface area contributed by atoms with Gasteiger partial charge in [0.1, 0.15) is 0 Å². The topological polar surface area (TPSA) is 61.4 Å². The molecule has 2 N–H and O–H groups in total. The number of amides is 2. The molecule has 0 aliphatic carbocycles. The van der Waals surface area contributed by atoms with Crippen molar-refractivity contribution in [1.29, 1.82) is 0 Å². The Morgan fingerprint density at radius 1 is 1.11 bits per heavy atom. The van der Waals surface area contributed by atoms with E-state index in [1.165, 1.54) is 0 Å². The minimum Gasteiger partial charge on any atom is -0.356 e.